The number of amides is 2. The summed E-state index contributed by atoms with van der Waals surface area (Å²) in [5.41, 5.74) is 6.73. The predicted molar refractivity (Wildman–Crippen MR) is 150 cm³/mol. The number of aliphatic hydroxyl groups is 1. The highest BCUT2D eigenvalue weighted by Crippen LogP contribution is 2.16. The SMILES string of the molecule is CC(C)C.N=C(\C=C/C(N)=N/C=C/CCN(CCNC=O)C(=O)C(O)c1ccc(F)cc1)c1ccc(F)cc1. The molecule has 10 heteroatoms. The summed E-state index contributed by atoms with van der Waals surface area (Å²) in [6.07, 6.45) is 5.43. The van der Waals surface area contributed by atoms with Gasteiger partial charge >= 0.3 is 0 Å². The number of benzene rings is 2. The summed E-state index contributed by atoms with van der Waals surface area (Å²) in [7, 11) is 0. The van der Waals surface area contributed by atoms with Crippen LogP contribution in [0.4, 0.5) is 8.78 Å². The summed E-state index contributed by atoms with van der Waals surface area (Å²) in [6.45, 7) is 7.10. The van der Waals surface area contributed by atoms with Crippen molar-refractivity contribution >= 4 is 23.9 Å². The third kappa shape index (κ3) is 13.8. The zero-order valence-corrected chi connectivity index (χ0v) is 22.5. The van der Waals surface area contributed by atoms with Crippen LogP contribution in [0.15, 0.2) is 78.0 Å². The highest BCUT2D eigenvalue weighted by molar-refractivity contribution is 6.09. The molecule has 2 aromatic carbocycles. The van der Waals surface area contributed by atoms with Gasteiger partial charge in [-0.3, -0.25) is 9.59 Å². The summed E-state index contributed by atoms with van der Waals surface area (Å²) in [5.74, 6) is -0.472. The highest BCUT2D eigenvalue weighted by atomic mass is 19.1. The van der Waals surface area contributed by atoms with E-state index in [0.29, 0.717) is 18.4 Å². The minimum absolute atomic E-state index is 0.142. The van der Waals surface area contributed by atoms with E-state index in [9.17, 15) is 23.5 Å². The standard InChI is InChI=1S/C25H27F2N5O3.C4H10/c26-20-7-3-18(4-8-20)22(28)11-12-23(29)31-13-1-2-15-32(16-14-30-17-33)25(35)24(34)19-5-9-21(27)10-6-19;1-4(2)3/h1,3-13,17,24,28,34H,2,14-16H2,(H2,29,31)(H,30,33);4H,1-3H3/b12-11-,13-1+,28-22?;. The van der Waals surface area contributed by atoms with Crippen molar-refractivity contribution in [1.29, 1.82) is 5.41 Å². The van der Waals surface area contributed by atoms with Gasteiger partial charge < -0.3 is 26.5 Å². The Morgan fingerprint density at radius 2 is 1.62 bits per heavy atom. The van der Waals surface area contributed by atoms with Gasteiger partial charge in [0.15, 0.2) is 6.10 Å². The molecule has 0 heterocycles. The number of carbonyl (C=O) groups excluding carboxylic acids is 2. The number of hydrogen-bond donors (Lipinski definition) is 4. The van der Waals surface area contributed by atoms with Crippen molar-refractivity contribution in [2.24, 2.45) is 16.6 Å². The molecule has 8 nitrogen and oxygen atoms in total. The number of allylic oxidation sites excluding steroid dienone is 1. The lowest BCUT2D eigenvalue weighted by Crippen LogP contribution is -2.40. The van der Waals surface area contributed by atoms with Crippen LogP contribution in [0.1, 0.15) is 44.4 Å². The Balaban J connectivity index is 0.00000177. The minimum Gasteiger partial charge on any atom is -0.384 e. The second kappa shape index (κ2) is 18.1. The number of hydrogen-bond acceptors (Lipinski definition) is 5. The molecular formula is C29H37F2N5O3. The van der Waals surface area contributed by atoms with E-state index < -0.39 is 17.8 Å². The fourth-order valence-electron chi connectivity index (χ4n) is 2.93. The molecule has 2 aromatic rings. The molecule has 1 unspecified atom stereocenters. The third-order valence-electron chi connectivity index (χ3n) is 4.81. The fourth-order valence-corrected chi connectivity index (χ4v) is 2.93. The number of halogens is 2. The molecule has 5 N–H and O–H groups in total. The lowest BCUT2D eigenvalue weighted by molar-refractivity contribution is -0.140. The largest absolute Gasteiger partial charge is 0.384 e. The van der Waals surface area contributed by atoms with Gasteiger partial charge in [-0.15, -0.1) is 0 Å². The van der Waals surface area contributed by atoms with Crippen molar-refractivity contribution in [2.45, 2.75) is 33.3 Å². The number of amidine groups is 1. The Kier molecular flexibility index (Phi) is 15.3. The maximum Gasteiger partial charge on any atom is 0.256 e. The molecule has 0 bridgehead atoms. The Morgan fingerprint density at radius 3 is 2.18 bits per heavy atom. The van der Waals surface area contributed by atoms with Gasteiger partial charge in [-0.1, -0.05) is 39.0 Å². The molecule has 0 saturated carbocycles. The number of rotatable bonds is 13. The van der Waals surface area contributed by atoms with Crippen LogP contribution >= 0.6 is 0 Å². The number of nitrogens with two attached hydrogens (primary N) is 1. The van der Waals surface area contributed by atoms with Crippen LogP contribution in [-0.2, 0) is 9.59 Å². The summed E-state index contributed by atoms with van der Waals surface area (Å²) in [6, 6.07) is 10.5. The summed E-state index contributed by atoms with van der Waals surface area (Å²) < 4.78 is 26.1. The van der Waals surface area contributed by atoms with Crippen LogP contribution in [0, 0.1) is 23.0 Å². The van der Waals surface area contributed by atoms with Gasteiger partial charge in [0.05, 0.1) is 5.71 Å². The van der Waals surface area contributed by atoms with Crippen LogP contribution in [-0.4, -0.2) is 53.5 Å². The molecule has 0 spiro atoms. The number of aliphatic imine (C=N–C) groups is 1. The number of aliphatic hydroxyl groups excluding tert-OH is 1. The van der Waals surface area contributed by atoms with Crippen molar-refractivity contribution in [3.8, 4) is 0 Å². The van der Waals surface area contributed by atoms with Crippen LogP contribution in [0.3, 0.4) is 0 Å². The maximum absolute atomic E-state index is 13.1. The summed E-state index contributed by atoms with van der Waals surface area (Å²) in [5, 5.41) is 20.8. The van der Waals surface area contributed by atoms with Crippen molar-refractivity contribution in [3.63, 3.8) is 0 Å². The van der Waals surface area contributed by atoms with E-state index in [1.807, 2.05) is 0 Å². The monoisotopic (exact) mass is 541 g/mol. The van der Waals surface area contributed by atoms with Crippen LogP contribution in [0.5, 0.6) is 0 Å². The average molecular weight is 542 g/mol. The van der Waals surface area contributed by atoms with E-state index in [2.05, 4.69) is 31.1 Å². The Labute approximate surface area is 228 Å². The number of nitrogens with one attached hydrogen (secondary N) is 2. The van der Waals surface area contributed by atoms with Gasteiger partial charge in [0.25, 0.3) is 5.91 Å². The zero-order valence-electron chi connectivity index (χ0n) is 22.5. The van der Waals surface area contributed by atoms with Gasteiger partial charge in [0.1, 0.15) is 17.5 Å². The Hall–Kier alpha value is -4.18. The molecule has 0 fully saturated rings. The molecule has 2 amide bonds. The van der Waals surface area contributed by atoms with Crippen molar-refractivity contribution < 1.29 is 23.5 Å². The first kappa shape index (κ1) is 32.8. The first-order chi connectivity index (χ1) is 18.5. The molecule has 0 saturated heterocycles. The highest BCUT2D eigenvalue weighted by Gasteiger charge is 2.23. The van der Waals surface area contributed by atoms with Gasteiger partial charge in [-0.2, -0.15) is 0 Å². The zero-order chi connectivity index (χ0) is 29.2. The Bertz CT molecular complexity index is 1130. The van der Waals surface area contributed by atoms with Crippen molar-refractivity contribution in [3.05, 3.63) is 95.7 Å². The van der Waals surface area contributed by atoms with E-state index in [1.165, 1.54) is 59.7 Å². The lowest BCUT2D eigenvalue weighted by Gasteiger charge is -2.25. The van der Waals surface area contributed by atoms with Gasteiger partial charge in [0, 0.05) is 25.8 Å². The van der Waals surface area contributed by atoms with E-state index in [4.69, 9.17) is 11.1 Å². The molecule has 1 atom stereocenters. The second-order valence-electron chi connectivity index (χ2n) is 9.06. The molecular weight excluding hydrogens is 504 g/mol. The molecule has 39 heavy (non-hydrogen) atoms. The number of nitrogens with zero attached hydrogens (tertiary/aromatic N) is 2. The third-order valence-corrected chi connectivity index (χ3v) is 4.81. The first-order valence-electron chi connectivity index (χ1n) is 12.4. The van der Waals surface area contributed by atoms with Crippen LogP contribution in [0.2, 0.25) is 0 Å². The molecule has 0 radical (unpaired) electrons. The quantitative estimate of drug-likeness (QED) is 0.131. The van der Waals surface area contributed by atoms with Crippen LogP contribution in [0.25, 0.3) is 0 Å². The van der Waals surface area contributed by atoms with Gasteiger partial charge in [0.2, 0.25) is 6.41 Å². The summed E-state index contributed by atoms with van der Waals surface area (Å²) >= 11 is 0. The molecule has 0 aliphatic heterocycles. The normalized spacial score (nSPS) is 12.2. The molecule has 2 rings (SSSR count). The van der Waals surface area contributed by atoms with Crippen LogP contribution < -0.4 is 11.1 Å². The molecule has 0 aliphatic carbocycles. The molecule has 210 valence electrons. The number of carbonyl (C=O) groups is 2. The predicted octanol–water partition coefficient (Wildman–Crippen LogP) is 4.12. The Morgan fingerprint density at radius 1 is 1.05 bits per heavy atom. The van der Waals surface area contributed by atoms with Gasteiger partial charge in [-0.25, -0.2) is 13.8 Å². The van der Waals surface area contributed by atoms with E-state index in [1.54, 1.807) is 6.08 Å². The maximum atomic E-state index is 13.1. The summed E-state index contributed by atoms with van der Waals surface area (Å²) in [4.78, 5) is 28.7. The van der Waals surface area contributed by atoms with Gasteiger partial charge in [-0.05, 0) is 72.0 Å². The smallest absolute Gasteiger partial charge is 0.256 e. The minimum atomic E-state index is -1.47. The average Bonchev–Trinajstić information content (AvgIpc) is 2.90. The molecule has 0 aliphatic rings. The van der Waals surface area contributed by atoms with E-state index in [-0.39, 0.29) is 42.6 Å². The van der Waals surface area contributed by atoms with E-state index in [0.717, 1.165) is 18.1 Å². The van der Waals surface area contributed by atoms with E-state index >= 15 is 0 Å². The fraction of sp³-hybridized carbons (Fsp3) is 0.310. The van der Waals surface area contributed by atoms with Crippen molar-refractivity contribution in [1.82, 2.24) is 10.2 Å². The molecule has 0 aromatic heterocycles. The topological polar surface area (TPSA) is 132 Å². The lowest BCUT2D eigenvalue weighted by atomic mass is 10.1. The second-order valence-corrected chi connectivity index (χ2v) is 9.06. The first-order valence-corrected chi connectivity index (χ1v) is 12.4. The van der Waals surface area contributed by atoms with Crippen molar-refractivity contribution in [2.75, 3.05) is 19.6 Å².